The van der Waals surface area contributed by atoms with E-state index in [-0.39, 0.29) is 0 Å². The van der Waals surface area contributed by atoms with Crippen molar-refractivity contribution in [2.24, 2.45) is 5.92 Å². The van der Waals surface area contributed by atoms with Gasteiger partial charge in [-0.05, 0) is 26.2 Å². The normalized spacial score (nSPS) is 15.4. The highest BCUT2D eigenvalue weighted by Crippen LogP contribution is 2.22. The molecule has 0 radical (unpaired) electrons. The van der Waals surface area contributed by atoms with Gasteiger partial charge < -0.3 is 10.3 Å². The van der Waals surface area contributed by atoms with E-state index in [4.69, 9.17) is 5.73 Å². The van der Waals surface area contributed by atoms with Crippen molar-refractivity contribution in [3.05, 3.63) is 11.9 Å². The van der Waals surface area contributed by atoms with Crippen LogP contribution in [-0.2, 0) is 0 Å². The van der Waals surface area contributed by atoms with Gasteiger partial charge in [0.1, 0.15) is 0 Å². The Morgan fingerprint density at radius 3 is 2.57 bits per heavy atom. The van der Waals surface area contributed by atoms with E-state index in [1.54, 1.807) is 0 Å². The molecule has 14 heavy (non-hydrogen) atoms. The number of rotatable bonds is 4. The van der Waals surface area contributed by atoms with Gasteiger partial charge in [-0.15, -0.1) is 0 Å². The first kappa shape index (κ1) is 11.1. The lowest BCUT2D eigenvalue weighted by molar-refractivity contribution is 0.401. The summed E-state index contributed by atoms with van der Waals surface area (Å²) in [4.78, 5) is 4.21. The Morgan fingerprint density at radius 2 is 2.14 bits per heavy atom. The average molecular weight is 195 g/mol. The summed E-state index contributed by atoms with van der Waals surface area (Å²) < 4.78 is 2.07. The second-order valence-electron chi connectivity index (χ2n) is 4.25. The molecule has 0 saturated heterocycles. The Hall–Kier alpha value is -0.990. The molecule has 0 spiro atoms. The van der Waals surface area contributed by atoms with E-state index in [9.17, 15) is 0 Å². The molecule has 0 aliphatic carbocycles. The van der Waals surface area contributed by atoms with Crippen LogP contribution < -0.4 is 5.73 Å². The summed E-state index contributed by atoms with van der Waals surface area (Å²) in [5.41, 5.74) is 6.81. The fourth-order valence-corrected chi connectivity index (χ4v) is 1.75. The molecule has 3 nitrogen and oxygen atoms in total. The van der Waals surface area contributed by atoms with Crippen molar-refractivity contribution in [1.82, 2.24) is 9.55 Å². The third kappa shape index (κ3) is 2.50. The molecule has 3 heteroatoms. The molecule has 1 aromatic heterocycles. The first-order valence-corrected chi connectivity index (χ1v) is 5.35. The number of nitrogen functional groups attached to an aromatic ring is 1. The van der Waals surface area contributed by atoms with E-state index in [2.05, 4.69) is 30.3 Å². The summed E-state index contributed by atoms with van der Waals surface area (Å²) in [5.74, 6) is 1.38. The molecule has 0 amide bonds. The monoisotopic (exact) mass is 195 g/mol. The van der Waals surface area contributed by atoms with E-state index in [0.29, 0.717) is 12.0 Å². The average Bonchev–Trinajstić information content (AvgIpc) is 2.45. The Balaban J connectivity index is 2.69. The molecule has 0 aliphatic rings. The van der Waals surface area contributed by atoms with Crippen molar-refractivity contribution in [2.45, 2.75) is 46.6 Å². The minimum Gasteiger partial charge on any atom is -0.369 e. The molecule has 0 aromatic carbocycles. The molecule has 0 aliphatic heterocycles. The van der Waals surface area contributed by atoms with Crippen LogP contribution in [0.2, 0.25) is 0 Å². The molecule has 80 valence electrons. The Kier molecular flexibility index (Phi) is 3.55. The molecular weight excluding hydrogens is 174 g/mol. The van der Waals surface area contributed by atoms with Crippen LogP contribution in [0.4, 0.5) is 5.95 Å². The maximum Gasteiger partial charge on any atom is 0.200 e. The Morgan fingerprint density at radius 1 is 1.50 bits per heavy atom. The highest BCUT2D eigenvalue weighted by molar-refractivity contribution is 5.22. The summed E-state index contributed by atoms with van der Waals surface area (Å²) in [6.45, 7) is 8.67. The van der Waals surface area contributed by atoms with E-state index < -0.39 is 0 Å². The van der Waals surface area contributed by atoms with Crippen LogP contribution in [0.5, 0.6) is 0 Å². The quantitative estimate of drug-likeness (QED) is 0.802. The predicted molar refractivity (Wildman–Crippen MR) is 60.2 cm³/mol. The number of hydrogen-bond donors (Lipinski definition) is 1. The highest BCUT2D eigenvalue weighted by atomic mass is 15.2. The molecule has 1 rings (SSSR count). The first-order chi connectivity index (χ1) is 6.54. The molecule has 2 N–H and O–H groups in total. The van der Waals surface area contributed by atoms with Crippen LogP contribution in [0, 0.1) is 12.8 Å². The van der Waals surface area contributed by atoms with Crippen LogP contribution in [0.25, 0.3) is 0 Å². The van der Waals surface area contributed by atoms with Crippen LogP contribution in [0.15, 0.2) is 6.20 Å². The third-order valence-corrected chi connectivity index (χ3v) is 2.80. The molecular formula is C11H21N3. The number of imidazole rings is 1. The maximum absolute atomic E-state index is 5.81. The van der Waals surface area contributed by atoms with Crippen LogP contribution in [0.3, 0.4) is 0 Å². The van der Waals surface area contributed by atoms with Gasteiger partial charge in [0.2, 0.25) is 5.95 Å². The molecule has 0 fully saturated rings. The van der Waals surface area contributed by atoms with Gasteiger partial charge in [-0.25, -0.2) is 4.98 Å². The van der Waals surface area contributed by atoms with Crippen molar-refractivity contribution in [1.29, 1.82) is 0 Å². The van der Waals surface area contributed by atoms with Crippen molar-refractivity contribution in [3.8, 4) is 0 Å². The number of nitrogens with two attached hydrogens (primary N) is 1. The van der Waals surface area contributed by atoms with Crippen molar-refractivity contribution in [2.75, 3.05) is 5.73 Å². The van der Waals surface area contributed by atoms with Crippen molar-refractivity contribution >= 4 is 5.95 Å². The minimum atomic E-state index is 0.450. The summed E-state index contributed by atoms with van der Waals surface area (Å²) in [7, 11) is 0. The molecule has 2 unspecified atom stereocenters. The molecule has 2 atom stereocenters. The molecule has 0 saturated carbocycles. The van der Waals surface area contributed by atoms with E-state index in [1.807, 2.05) is 13.1 Å². The van der Waals surface area contributed by atoms with E-state index >= 15 is 0 Å². The van der Waals surface area contributed by atoms with Gasteiger partial charge in [-0.3, -0.25) is 0 Å². The zero-order valence-corrected chi connectivity index (χ0v) is 9.62. The lowest BCUT2D eigenvalue weighted by Gasteiger charge is -2.18. The van der Waals surface area contributed by atoms with Gasteiger partial charge in [0.15, 0.2) is 0 Å². The lowest BCUT2D eigenvalue weighted by Crippen LogP contribution is -2.11. The summed E-state index contributed by atoms with van der Waals surface area (Å²) in [6, 6.07) is 0.450. The molecule has 1 heterocycles. The van der Waals surface area contributed by atoms with Gasteiger partial charge >= 0.3 is 0 Å². The van der Waals surface area contributed by atoms with Gasteiger partial charge in [0.25, 0.3) is 0 Å². The summed E-state index contributed by atoms with van der Waals surface area (Å²) in [6.07, 6.45) is 4.41. The standard InChI is InChI=1S/C11H21N3/c1-5-8(2)6-10(4)14-7-9(3)13-11(14)12/h7-8,10H,5-6H2,1-4H3,(H2,12,13). The zero-order chi connectivity index (χ0) is 10.7. The Bertz CT molecular complexity index is 291. The van der Waals surface area contributed by atoms with Gasteiger partial charge in [-0.1, -0.05) is 20.3 Å². The van der Waals surface area contributed by atoms with E-state index in [1.165, 1.54) is 6.42 Å². The second kappa shape index (κ2) is 4.49. The van der Waals surface area contributed by atoms with Crippen molar-refractivity contribution < 1.29 is 0 Å². The molecule has 0 bridgehead atoms. The summed E-state index contributed by atoms with van der Waals surface area (Å²) in [5, 5.41) is 0. The van der Waals surface area contributed by atoms with Crippen LogP contribution in [-0.4, -0.2) is 9.55 Å². The smallest absolute Gasteiger partial charge is 0.200 e. The third-order valence-electron chi connectivity index (χ3n) is 2.80. The fourth-order valence-electron chi connectivity index (χ4n) is 1.75. The second-order valence-corrected chi connectivity index (χ2v) is 4.25. The maximum atomic E-state index is 5.81. The SMILES string of the molecule is CCC(C)CC(C)n1cc(C)nc1N. The number of anilines is 1. The zero-order valence-electron chi connectivity index (χ0n) is 9.62. The largest absolute Gasteiger partial charge is 0.369 e. The topological polar surface area (TPSA) is 43.8 Å². The van der Waals surface area contributed by atoms with Crippen molar-refractivity contribution in [3.63, 3.8) is 0 Å². The van der Waals surface area contributed by atoms with Gasteiger partial charge in [-0.2, -0.15) is 0 Å². The molecule has 1 aromatic rings. The van der Waals surface area contributed by atoms with Crippen LogP contribution >= 0.6 is 0 Å². The number of aromatic nitrogens is 2. The van der Waals surface area contributed by atoms with Crippen LogP contribution in [0.1, 0.15) is 45.3 Å². The first-order valence-electron chi connectivity index (χ1n) is 5.35. The minimum absolute atomic E-state index is 0.450. The van der Waals surface area contributed by atoms with E-state index in [0.717, 1.165) is 18.0 Å². The number of hydrogen-bond acceptors (Lipinski definition) is 2. The fraction of sp³-hybridized carbons (Fsp3) is 0.727. The summed E-state index contributed by atoms with van der Waals surface area (Å²) >= 11 is 0. The predicted octanol–water partition coefficient (Wildman–Crippen LogP) is 2.77. The Labute approximate surface area is 86.3 Å². The highest BCUT2D eigenvalue weighted by Gasteiger charge is 2.12. The number of nitrogens with zero attached hydrogens (tertiary/aromatic N) is 2. The van der Waals surface area contributed by atoms with Gasteiger partial charge in [0.05, 0.1) is 5.69 Å². The lowest BCUT2D eigenvalue weighted by atomic mass is 10.0. The number of aryl methyl sites for hydroxylation is 1. The van der Waals surface area contributed by atoms with Gasteiger partial charge in [0, 0.05) is 12.2 Å².